The molecular weight excluding hydrogens is 250 g/mol. The van der Waals surface area contributed by atoms with Crippen LogP contribution in [0, 0.1) is 5.92 Å². The van der Waals surface area contributed by atoms with Crippen LogP contribution < -0.4 is 10.6 Å². The number of hydrogen-bond acceptors (Lipinski definition) is 3. The maximum atomic E-state index is 12.1. The van der Waals surface area contributed by atoms with Gasteiger partial charge in [0.15, 0.2) is 0 Å². The quantitative estimate of drug-likeness (QED) is 0.855. The molecule has 1 aliphatic heterocycles. The van der Waals surface area contributed by atoms with E-state index in [0.29, 0.717) is 5.92 Å². The van der Waals surface area contributed by atoms with Crippen LogP contribution in [0.1, 0.15) is 29.8 Å². The van der Waals surface area contributed by atoms with Crippen molar-refractivity contribution in [3.8, 4) is 0 Å². The zero-order valence-corrected chi connectivity index (χ0v) is 12.5. The maximum absolute atomic E-state index is 12.1. The second kappa shape index (κ2) is 7.41. The van der Waals surface area contributed by atoms with E-state index < -0.39 is 0 Å². The Morgan fingerprint density at radius 2 is 2.10 bits per heavy atom. The van der Waals surface area contributed by atoms with E-state index in [0.717, 1.165) is 44.8 Å². The Balaban J connectivity index is 1.94. The molecule has 2 rings (SSSR count). The molecule has 0 saturated carbocycles. The van der Waals surface area contributed by atoms with Crippen molar-refractivity contribution < 1.29 is 4.79 Å². The van der Waals surface area contributed by atoms with Crippen LogP contribution in [0.25, 0.3) is 0 Å². The van der Waals surface area contributed by atoms with Crippen LogP contribution in [-0.4, -0.2) is 43.5 Å². The summed E-state index contributed by atoms with van der Waals surface area (Å²) in [6, 6.07) is 7.97. The number of amides is 1. The van der Waals surface area contributed by atoms with Gasteiger partial charge in [-0.3, -0.25) is 9.69 Å². The van der Waals surface area contributed by atoms with Crippen LogP contribution in [0.15, 0.2) is 24.3 Å². The average Bonchev–Trinajstić information content (AvgIpc) is 2.46. The van der Waals surface area contributed by atoms with Crippen molar-refractivity contribution >= 4 is 5.91 Å². The average molecular weight is 275 g/mol. The van der Waals surface area contributed by atoms with Gasteiger partial charge in [-0.15, -0.1) is 0 Å². The number of nitrogens with one attached hydrogen (secondary N) is 2. The van der Waals surface area contributed by atoms with Gasteiger partial charge in [-0.1, -0.05) is 26.0 Å². The topological polar surface area (TPSA) is 44.4 Å². The molecule has 1 fully saturated rings. The van der Waals surface area contributed by atoms with Gasteiger partial charge >= 0.3 is 0 Å². The molecule has 0 aliphatic carbocycles. The Morgan fingerprint density at radius 3 is 2.80 bits per heavy atom. The maximum Gasteiger partial charge on any atom is 0.251 e. The van der Waals surface area contributed by atoms with Crippen LogP contribution >= 0.6 is 0 Å². The lowest BCUT2D eigenvalue weighted by Crippen LogP contribution is -2.42. The van der Waals surface area contributed by atoms with E-state index in [-0.39, 0.29) is 5.91 Å². The molecule has 20 heavy (non-hydrogen) atoms. The van der Waals surface area contributed by atoms with Gasteiger partial charge in [0.1, 0.15) is 0 Å². The van der Waals surface area contributed by atoms with Crippen molar-refractivity contribution in [1.29, 1.82) is 0 Å². The molecule has 1 saturated heterocycles. The number of benzene rings is 1. The fraction of sp³-hybridized carbons (Fsp3) is 0.562. The molecule has 1 aromatic carbocycles. The lowest BCUT2D eigenvalue weighted by Gasteiger charge is -2.27. The standard InChI is InChI=1S/C16H25N3O/c1-13(2)11-18-16(20)15-5-3-4-14(10-15)12-19-8-6-17-7-9-19/h3-5,10,13,17H,6-9,11-12H2,1-2H3,(H,18,20). The van der Waals surface area contributed by atoms with Crippen molar-refractivity contribution in [3.63, 3.8) is 0 Å². The third-order valence-electron chi connectivity index (χ3n) is 3.48. The highest BCUT2D eigenvalue weighted by atomic mass is 16.1. The molecule has 0 bridgehead atoms. The Hall–Kier alpha value is -1.39. The largest absolute Gasteiger partial charge is 0.352 e. The summed E-state index contributed by atoms with van der Waals surface area (Å²) in [5, 5.41) is 6.32. The van der Waals surface area contributed by atoms with Gasteiger partial charge in [-0.25, -0.2) is 0 Å². The molecule has 0 atom stereocenters. The lowest BCUT2D eigenvalue weighted by molar-refractivity contribution is 0.0949. The lowest BCUT2D eigenvalue weighted by atomic mass is 10.1. The number of hydrogen-bond donors (Lipinski definition) is 2. The van der Waals surface area contributed by atoms with Crippen LogP contribution in [0.5, 0.6) is 0 Å². The normalized spacial score (nSPS) is 16.4. The summed E-state index contributed by atoms with van der Waals surface area (Å²) < 4.78 is 0. The first kappa shape index (κ1) is 15.0. The highest BCUT2D eigenvalue weighted by molar-refractivity contribution is 5.94. The van der Waals surface area contributed by atoms with Gasteiger partial charge in [0.2, 0.25) is 0 Å². The van der Waals surface area contributed by atoms with Gasteiger partial charge in [0, 0.05) is 44.8 Å². The number of rotatable bonds is 5. The van der Waals surface area contributed by atoms with Gasteiger partial charge in [-0.2, -0.15) is 0 Å². The minimum absolute atomic E-state index is 0.0286. The van der Waals surface area contributed by atoms with E-state index in [1.165, 1.54) is 5.56 Å². The summed E-state index contributed by atoms with van der Waals surface area (Å²) in [5.41, 5.74) is 1.97. The monoisotopic (exact) mass is 275 g/mol. The predicted octanol–water partition coefficient (Wildman–Crippen LogP) is 1.48. The molecule has 4 heteroatoms. The molecule has 1 aromatic rings. The smallest absolute Gasteiger partial charge is 0.251 e. The highest BCUT2D eigenvalue weighted by Crippen LogP contribution is 2.09. The molecular formula is C16H25N3O. The van der Waals surface area contributed by atoms with E-state index >= 15 is 0 Å². The highest BCUT2D eigenvalue weighted by Gasteiger charge is 2.11. The number of piperazine rings is 1. The van der Waals surface area contributed by atoms with E-state index in [1.54, 1.807) is 0 Å². The van der Waals surface area contributed by atoms with E-state index in [1.807, 2.05) is 18.2 Å². The van der Waals surface area contributed by atoms with Crippen LogP contribution in [0.4, 0.5) is 0 Å². The molecule has 0 unspecified atom stereocenters. The van der Waals surface area contributed by atoms with Gasteiger partial charge in [-0.05, 0) is 23.6 Å². The number of carbonyl (C=O) groups is 1. The Kier molecular flexibility index (Phi) is 5.56. The Labute approximate surface area is 121 Å². The summed E-state index contributed by atoms with van der Waals surface area (Å²) in [6.45, 7) is 10.1. The van der Waals surface area contributed by atoms with Crippen molar-refractivity contribution in [2.45, 2.75) is 20.4 Å². The number of nitrogens with zero attached hydrogens (tertiary/aromatic N) is 1. The second-order valence-corrected chi connectivity index (χ2v) is 5.83. The molecule has 0 spiro atoms. The van der Waals surface area contributed by atoms with Crippen molar-refractivity contribution in [3.05, 3.63) is 35.4 Å². The fourth-order valence-corrected chi connectivity index (χ4v) is 2.34. The van der Waals surface area contributed by atoms with Crippen molar-refractivity contribution in [2.75, 3.05) is 32.7 Å². The van der Waals surface area contributed by atoms with E-state index in [4.69, 9.17) is 0 Å². The van der Waals surface area contributed by atoms with Crippen LogP contribution in [0.3, 0.4) is 0 Å². The zero-order valence-electron chi connectivity index (χ0n) is 12.5. The van der Waals surface area contributed by atoms with Crippen LogP contribution in [0.2, 0.25) is 0 Å². The minimum atomic E-state index is 0.0286. The molecule has 1 amide bonds. The molecule has 0 aromatic heterocycles. The summed E-state index contributed by atoms with van der Waals surface area (Å²) >= 11 is 0. The molecule has 2 N–H and O–H groups in total. The first-order chi connectivity index (χ1) is 9.65. The summed E-state index contributed by atoms with van der Waals surface area (Å²) in [6.07, 6.45) is 0. The summed E-state index contributed by atoms with van der Waals surface area (Å²) in [7, 11) is 0. The van der Waals surface area contributed by atoms with Crippen molar-refractivity contribution in [2.24, 2.45) is 5.92 Å². The zero-order chi connectivity index (χ0) is 14.4. The third-order valence-corrected chi connectivity index (χ3v) is 3.48. The first-order valence-corrected chi connectivity index (χ1v) is 7.45. The van der Waals surface area contributed by atoms with Gasteiger partial charge in [0.05, 0.1) is 0 Å². The van der Waals surface area contributed by atoms with E-state index in [2.05, 4.69) is 35.4 Å². The Bertz CT molecular complexity index is 439. The molecule has 110 valence electrons. The van der Waals surface area contributed by atoms with Gasteiger partial charge < -0.3 is 10.6 Å². The molecule has 4 nitrogen and oxygen atoms in total. The Morgan fingerprint density at radius 1 is 1.35 bits per heavy atom. The molecule has 1 aliphatic rings. The SMILES string of the molecule is CC(C)CNC(=O)c1cccc(CN2CCNCC2)c1. The fourth-order valence-electron chi connectivity index (χ4n) is 2.34. The summed E-state index contributed by atoms with van der Waals surface area (Å²) in [4.78, 5) is 14.5. The van der Waals surface area contributed by atoms with Crippen molar-refractivity contribution in [1.82, 2.24) is 15.5 Å². The molecule has 1 heterocycles. The van der Waals surface area contributed by atoms with E-state index in [9.17, 15) is 4.79 Å². The van der Waals surface area contributed by atoms with Gasteiger partial charge in [0.25, 0.3) is 5.91 Å². The third kappa shape index (κ3) is 4.62. The van der Waals surface area contributed by atoms with Crippen LogP contribution in [-0.2, 0) is 6.54 Å². The number of carbonyl (C=O) groups excluding carboxylic acids is 1. The second-order valence-electron chi connectivity index (χ2n) is 5.83. The first-order valence-electron chi connectivity index (χ1n) is 7.45. The summed E-state index contributed by atoms with van der Waals surface area (Å²) in [5.74, 6) is 0.504. The minimum Gasteiger partial charge on any atom is -0.352 e. The predicted molar refractivity (Wildman–Crippen MR) is 81.8 cm³/mol. The molecule has 0 radical (unpaired) electrons.